The highest BCUT2D eigenvalue weighted by Gasteiger charge is 2.24. The highest BCUT2D eigenvalue weighted by molar-refractivity contribution is 7.56. The van der Waals surface area contributed by atoms with Gasteiger partial charge < -0.3 is 9.05 Å². The molecule has 1 heterocycles. The lowest BCUT2D eigenvalue weighted by Gasteiger charge is -2.12. The predicted molar refractivity (Wildman–Crippen MR) is 65.1 cm³/mol. The van der Waals surface area contributed by atoms with Gasteiger partial charge in [-0.1, -0.05) is 17.3 Å². The van der Waals surface area contributed by atoms with E-state index in [1.807, 2.05) is 0 Å². The summed E-state index contributed by atoms with van der Waals surface area (Å²) in [5.74, 6) is 0. The number of rotatable bonds is 4. The molecule has 1 aromatic carbocycles. The summed E-state index contributed by atoms with van der Waals surface area (Å²) in [6.07, 6.45) is 0.995. The smallest absolute Gasteiger partial charge is 0.310 e. The van der Waals surface area contributed by atoms with Crippen molar-refractivity contribution >= 4 is 18.5 Å². The van der Waals surface area contributed by atoms with Crippen LogP contribution in [0.4, 0.5) is 0 Å². The molecule has 0 spiro atoms. The van der Waals surface area contributed by atoms with Crippen molar-refractivity contribution in [3.63, 3.8) is 0 Å². The van der Waals surface area contributed by atoms with Crippen LogP contribution in [0.15, 0.2) is 29.1 Å². The molecule has 0 unspecified atom stereocenters. The van der Waals surface area contributed by atoms with Crippen molar-refractivity contribution in [2.24, 2.45) is 0 Å². The van der Waals surface area contributed by atoms with Gasteiger partial charge in [-0.25, -0.2) is 0 Å². The van der Waals surface area contributed by atoms with E-state index in [-0.39, 0.29) is 0 Å². The van der Waals surface area contributed by atoms with Gasteiger partial charge in [-0.15, -0.1) is 5.10 Å². The van der Waals surface area contributed by atoms with Gasteiger partial charge in [0.15, 0.2) is 6.29 Å². The maximum atomic E-state index is 12.0. The molecule has 0 amide bonds. The fourth-order valence-electron chi connectivity index (χ4n) is 1.38. The maximum Gasteiger partial charge on any atom is 0.357 e. The van der Waals surface area contributed by atoms with Crippen molar-refractivity contribution in [2.45, 2.75) is 0 Å². The Balaban J connectivity index is 2.50. The SMILES string of the molecule is COP(=O)([CH]n1nnc2ccccc2c1=O)OC. The second-order valence-electron chi connectivity index (χ2n) is 3.38. The summed E-state index contributed by atoms with van der Waals surface area (Å²) in [5, 5.41) is 7.88. The Bertz CT molecular complexity index is 661. The second kappa shape index (κ2) is 4.97. The second-order valence-corrected chi connectivity index (χ2v) is 5.42. The van der Waals surface area contributed by atoms with E-state index < -0.39 is 13.2 Å². The zero-order valence-corrected chi connectivity index (χ0v) is 10.7. The van der Waals surface area contributed by atoms with Gasteiger partial charge in [-0.3, -0.25) is 9.36 Å². The first-order chi connectivity index (χ1) is 8.59. The normalized spacial score (nSPS) is 11.9. The third-order valence-corrected chi connectivity index (χ3v) is 3.87. The van der Waals surface area contributed by atoms with Crippen molar-refractivity contribution in [1.29, 1.82) is 0 Å². The van der Waals surface area contributed by atoms with Crippen LogP contribution in [0.2, 0.25) is 0 Å². The molecule has 95 valence electrons. The van der Waals surface area contributed by atoms with Gasteiger partial charge in [-0.2, -0.15) is 4.68 Å². The van der Waals surface area contributed by atoms with Gasteiger partial charge in [0.25, 0.3) is 5.56 Å². The molecule has 0 saturated carbocycles. The zero-order valence-electron chi connectivity index (χ0n) is 9.81. The van der Waals surface area contributed by atoms with Crippen molar-refractivity contribution < 1.29 is 13.6 Å². The molecule has 2 rings (SSSR count). The Morgan fingerprint density at radius 1 is 1.28 bits per heavy atom. The van der Waals surface area contributed by atoms with Gasteiger partial charge in [0.2, 0.25) is 0 Å². The van der Waals surface area contributed by atoms with Crippen LogP contribution < -0.4 is 5.56 Å². The van der Waals surface area contributed by atoms with E-state index in [1.54, 1.807) is 24.3 Å². The van der Waals surface area contributed by atoms with E-state index in [2.05, 4.69) is 10.3 Å². The summed E-state index contributed by atoms with van der Waals surface area (Å²) in [6, 6.07) is 6.74. The molecule has 0 aliphatic carbocycles. The van der Waals surface area contributed by atoms with Gasteiger partial charge in [0.1, 0.15) is 5.52 Å². The minimum atomic E-state index is -3.47. The average molecular weight is 268 g/mol. The molecule has 1 radical (unpaired) electrons. The van der Waals surface area contributed by atoms with Crippen molar-refractivity contribution in [3.05, 3.63) is 40.9 Å². The molecule has 0 bridgehead atoms. The highest BCUT2D eigenvalue weighted by atomic mass is 31.2. The van der Waals surface area contributed by atoms with E-state index in [1.165, 1.54) is 14.2 Å². The summed E-state index contributed by atoms with van der Waals surface area (Å²) in [4.78, 5) is 12.0. The van der Waals surface area contributed by atoms with Crippen molar-refractivity contribution in [3.8, 4) is 0 Å². The van der Waals surface area contributed by atoms with Crippen LogP contribution in [0.3, 0.4) is 0 Å². The first-order valence-electron chi connectivity index (χ1n) is 5.01. The first-order valence-corrected chi connectivity index (χ1v) is 6.62. The fourth-order valence-corrected chi connectivity index (χ4v) is 2.14. The topological polar surface area (TPSA) is 83.3 Å². The quantitative estimate of drug-likeness (QED) is 0.776. The molecule has 2 aromatic rings. The van der Waals surface area contributed by atoms with Crippen LogP contribution in [0.1, 0.15) is 0 Å². The number of benzene rings is 1. The zero-order chi connectivity index (χ0) is 13.2. The van der Waals surface area contributed by atoms with Gasteiger partial charge in [-0.05, 0) is 12.1 Å². The summed E-state index contributed by atoms with van der Waals surface area (Å²) in [7, 11) is -1.03. The van der Waals surface area contributed by atoms with E-state index in [0.29, 0.717) is 10.9 Å². The highest BCUT2D eigenvalue weighted by Crippen LogP contribution is 2.49. The molecular weight excluding hydrogens is 257 g/mol. The first kappa shape index (κ1) is 12.9. The molecule has 0 N–H and O–H groups in total. The van der Waals surface area contributed by atoms with Crippen LogP contribution in [0, 0.1) is 6.29 Å². The lowest BCUT2D eigenvalue weighted by atomic mass is 10.2. The summed E-state index contributed by atoms with van der Waals surface area (Å²) < 4.78 is 22.2. The molecule has 0 saturated heterocycles. The van der Waals surface area contributed by atoms with Crippen LogP contribution in [-0.4, -0.2) is 29.2 Å². The predicted octanol–water partition coefficient (Wildman–Crippen LogP) is 1.24. The van der Waals surface area contributed by atoms with Crippen LogP contribution in [-0.2, 0) is 13.6 Å². The minimum Gasteiger partial charge on any atom is -0.310 e. The van der Waals surface area contributed by atoms with Crippen molar-refractivity contribution in [1.82, 2.24) is 15.0 Å². The van der Waals surface area contributed by atoms with E-state index in [0.717, 1.165) is 11.0 Å². The van der Waals surface area contributed by atoms with Gasteiger partial charge >= 0.3 is 7.60 Å². The lowest BCUT2D eigenvalue weighted by Crippen LogP contribution is -2.23. The third-order valence-electron chi connectivity index (χ3n) is 2.35. The average Bonchev–Trinajstić information content (AvgIpc) is 2.42. The molecule has 0 fully saturated rings. The lowest BCUT2D eigenvalue weighted by molar-refractivity contribution is 0.279. The Morgan fingerprint density at radius 3 is 2.61 bits per heavy atom. The van der Waals surface area contributed by atoms with Crippen molar-refractivity contribution in [2.75, 3.05) is 14.2 Å². The summed E-state index contributed by atoms with van der Waals surface area (Å²) in [5.41, 5.74) is 0.0340. The number of fused-ring (bicyclic) bond motifs is 1. The Morgan fingerprint density at radius 2 is 1.94 bits per heavy atom. The van der Waals surface area contributed by atoms with Gasteiger partial charge in [0, 0.05) is 14.2 Å². The molecular formula is C10H11N3O4P. The molecule has 0 aliphatic rings. The maximum absolute atomic E-state index is 12.0. The third kappa shape index (κ3) is 2.33. The molecule has 7 nitrogen and oxygen atoms in total. The molecule has 0 aliphatic heterocycles. The standard InChI is InChI=1S/C10H11N3O4P/c1-16-18(15,17-2)7-13-10(14)8-5-3-4-6-9(8)11-12-13/h3-7H,1-2H3. The molecule has 1 aromatic heterocycles. The largest absolute Gasteiger partial charge is 0.357 e. The monoisotopic (exact) mass is 268 g/mol. The van der Waals surface area contributed by atoms with Crippen LogP contribution in [0.5, 0.6) is 0 Å². The van der Waals surface area contributed by atoms with Crippen LogP contribution >= 0.6 is 7.60 Å². The van der Waals surface area contributed by atoms with Crippen LogP contribution in [0.25, 0.3) is 10.9 Å². The molecule has 18 heavy (non-hydrogen) atoms. The summed E-state index contributed by atoms with van der Waals surface area (Å²) in [6.45, 7) is 0. The minimum absolute atomic E-state index is 0.377. The Kier molecular flexibility index (Phi) is 3.56. The number of hydrogen-bond acceptors (Lipinski definition) is 6. The van der Waals surface area contributed by atoms with E-state index in [4.69, 9.17) is 9.05 Å². The Hall–Kier alpha value is -1.56. The molecule has 0 atom stereocenters. The Labute approximate surface area is 103 Å². The molecule has 8 heteroatoms. The summed E-state index contributed by atoms with van der Waals surface area (Å²) >= 11 is 0. The fraction of sp³-hybridized carbons (Fsp3) is 0.200. The number of aromatic nitrogens is 3. The number of nitrogens with zero attached hydrogens (tertiary/aromatic N) is 3. The van der Waals surface area contributed by atoms with E-state index in [9.17, 15) is 9.36 Å². The van der Waals surface area contributed by atoms with Gasteiger partial charge in [0.05, 0.1) is 5.39 Å². The van der Waals surface area contributed by atoms with E-state index >= 15 is 0 Å². The number of hydrogen-bond donors (Lipinski definition) is 0.